The second-order valence-electron chi connectivity index (χ2n) is 7.52. The first kappa shape index (κ1) is 24.9. The van der Waals surface area contributed by atoms with Gasteiger partial charge in [-0.05, 0) is 37.3 Å². The van der Waals surface area contributed by atoms with E-state index in [4.69, 9.17) is 9.47 Å². The van der Waals surface area contributed by atoms with Gasteiger partial charge in [0.05, 0.1) is 12.7 Å². The topological polar surface area (TPSA) is 75.2 Å². The van der Waals surface area contributed by atoms with E-state index >= 15 is 0 Å². The predicted molar refractivity (Wildman–Crippen MR) is 129 cm³/mol. The summed E-state index contributed by atoms with van der Waals surface area (Å²) in [4.78, 5) is 19.0. The van der Waals surface area contributed by atoms with Crippen molar-refractivity contribution < 1.29 is 14.3 Å². The Morgan fingerprint density at radius 1 is 1.23 bits per heavy atom. The van der Waals surface area contributed by atoms with Crippen molar-refractivity contribution >= 4 is 35.8 Å². The Hall–Kier alpha value is -1.39. The summed E-state index contributed by atoms with van der Waals surface area (Å²) in [6.45, 7) is 8.04. The van der Waals surface area contributed by atoms with Crippen LogP contribution in [-0.2, 0) is 27.4 Å². The van der Waals surface area contributed by atoms with Gasteiger partial charge in [-0.1, -0.05) is 24.3 Å². The van der Waals surface area contributed by atoms with Crippen LogP contribution in [0.1, 0.15) is 43.7 Å². The van der Waals surface area contributed by atoms with Gasteiger partial charge >= 0.3 is 0 Å². The van der Waals surface area contributed by atoms with Crippen LogP contribution in [0.3, 0.4) is 0 Å². The van der Waals surface area contributed by atoms with Crippen LogP contribution in [0.2, 0.25) is 0 Å². The SMILES string of the molecule is CCNC(=NCCCC(=O)N1Cc2ccccc2C1)NCCCOC1CCOC1.I. The Bertz CT molecular complexity index is 655. The minimum atomic E-state index is 0. The Labute approximate surface area is 197 Å². The maximum absolute atomic E-state index is 12.5. The molecule has 1 unspecified atom stereocenters. The number of fused-ring (bicyclic) bond motifs is 1. The van der Waals surface area contributed by atoms with E-state index in [-0.39, 0.29) is 36.0 Å². The number of carbonyl (C=O) groups excluding carboxylic acids is 1. The molecular formula is C22H35IN4O3. The van der Waals surface area contributed by atoms with E-state index in [9.17, 15) is 4.79 Å². The summed E-state index contributed by atoms with van der Waals surface area (Å²) in [5.41, 5.74) is 2.53. The second-order valence-corrected chi connectivity index (χ2v) is 7.52. The molecule has 8 heteroatoms. The van der Waals surface area contributed by atoms with E-state index in [1.54, 1.807) is 0 Å². The fourth-order valence-corrected chi connectivity index (χ4v) is 3.60. The molecule has 0 saturated carbocycles. The van der Waals surface area contributed by atoms with Crippen LogP contribution in [0.5, 0.6) is 0 Å². The molecule has 1 atom stereocenters. The predicted octanol–water partition coefficient (Wildman–Crippen LogP) is 2.68. The van der Waals surface area contributed by atoms with Crippen molar-refractivity contribution in [3.63, 3.8) is 0 Å². The van der Waals surface area contributed by atoms with Gasteiger partial charge in [0.1, 0.15) is 0 Å². The van der Waals surface area contributed by atoms with Crippen LogP contribution in [0.25, 0.3) is 0 Å². The number of hydrogen-bond acceptors (Lipinski definition) is 4. The van der Waals surface area contributed by atoms with Crippen molar-refractivity contribution in [3.8, 4) is 0 Å². The number of guanidine groups is 1. The maximum Gasteiger partial charge on any atom is 0.223 e. The largest absolute Gasteiger partial charge is 0.379 e. The van der Waals surface area contributed by atoms with Crippen molar-refractivity contribution in [2.75, 3.05) is 39.5 Å². The van der Waals surface area contributed by atoms with E-state index in [2.05, 4.69) is 34.7 Å². The Balaban J connectivity index is 0.00000320. The summed E-state index contributed by atoms with van der Waals surface area (Å²) < 4.78 is 11.1. The molecule has 2 heterocycles. The van der Waals surface area contributed by atoms with Gasteiger partial charge in [-0.25, -0.2) is 0 Å². The molecule has 2 aliphatic heterocycles. The summed E-state index contributed by atoms with van der Waals surface area (Å²) in [6.07, 6.45) is 3.48. The highest BCUT2D eigenvalue weighted by Crippen LogP contribution is 2.22. The van der Waals surface area contributed by atoms with Crippen LogP contribution in [0, 0.1) is 0 Å². The summed E-state index contributed by atoms with van der Waals surface area (Å²) in [6, 6.07) is 8.28. The molecule has 3 rings (SSSR count). The van der Waals surface area contributed by atoms with Crippen LogP contribution in [0.15, 0.2) is 29.3 Å². The summed E-state index contributed by atoms with van der Waals surface area (Å²) in [5, 5.41) is 6.59. The van der Waals surface area contributed by atoms with E-state index in [1.807, 2.05) is 17.0 Å². The number of amides is 1. The Kier molecular flexibility index (Phi) is 11.5. The quantitative estimate of drug-likeness (QED) is 0.211. The zero-order valence-electron chi connectivity index (χ0n) is 17.9. The summed E-state index contributed by atoms with van der Waals surface area (Å²) in [7, 11) is 0. The van der Waals surface area contributed by atoms with E-state index < -0.39 is 0 Å². The molecule has 0 aliphatic carbocycles. The molecular weight excluding hydrogens is 495 g/mol. The fourth-order valence-electron chi connectivity index (χ4n) is 3.60. The number of hydrogen-bond donors (Lipinski definition) is 2. The third-order valence-electron chi connectivity index (χ3n) is 5.21. The molecule has 0 radical (unpaired) electrons. The molecule has 168 valence electrons. The number of carbonyl (C=O) groups is 1. The number of aliphatic imine (C=N–C) groups is 1. The first-order chi connectivity index (χ1) is 14.3. The van der Waals surface area contributed by atoms with Gasteiger partial charge in [-0.2, -0.15) is 0 Å². The van der Waals surface area contributed by atoms with E-state index in [0.717, 1.165) is 71.2 Å². The third-order valence-corrected chi connectivity index (χ3v) is 5.21. The molecule has 0 aromatic heterocycles. The number of benzene rings is 1. The van der Waals surface area contributed by atoms with Gasteiger partial charge in [0, 0.05) is 52.4 Å². The monoisotopic (exact) mass is 530 g/mol. The van der Waals surface area contributed by atoms with E-state index in [0.29, 0.717) is 13.0 Å². The molecule has 2 N–H and O–H groups in total. The first-order valence-corrected chi connectivity index (χ1v) is 10.8. The van der Waals surface area contributed by atoms with Crippen LogP contribution in [-0.4, -0.2) is 62.3 Å². The highest BCUT2D eigenvalue weighted by atomic mass is 127. The molecule has 1 aromatic carbocycles. The summed E-state index contributed by atoms with van der Waals surface area (Å²) >= 11 is 0. The minimum absolute atomic E-state index is 0. The van der Waals surface area contributed by atoms with Gasteiger partial charge in [0.15, 0.2) is 5.96 Å². The van der Waals surface area contributed by atoms with Crippen LogP contribution < -0.4 is 10.6 Å². The smallest absolute Gasteiger partial charge is 0.223 e. The normalized spacial score (nSPS) is 18.1. The van der Waals surface area contributed by atoms with Crippen LogP contribution in [0.4, 0.5) is 0 Å². The van der Waals surface area contributed by atoms with Crippen molar-refractivity contribution in [2.45, 2.75) is 51.8 Å². The van der Waals surface area contributed by atoms with Crippen molar-refractivity contribution in [1.82, 2.24) is 15.5 Å². The highest BCUT2D eigenvalue weighted by molar-refractivity contribution is 14.0. The minimum Gasteiger partial charge on any atom is -0.379 e. The molecule has 0 bridgehead atoms. The number of halogens is 1. The molecule has 1 amide bonds. The average molecular weight is 530 g/mol. The zero-order valence-corrected chi connectivity index (χ0v) is 20.2. The lowest BCUT2D eigenvalue weighted by Crippen LogP contribution is -2.38. The van der Waals surface area contributed by atoms with Gasteiger partial charge < -0.3 is 25.0 Å². The molecule has 0 spiro atoms. The molecule has 7 nitrogen and oxygen atoms in total. The first-order valence-electron chi connectivity index (χ1n) is 10.8. The highest BCUT2D eigenvalue weighted by Gasteiger charge is 2.22. The number of rotatable bonds is 10. The molecule has 1 saturated heterocycles. The third kappa shape index (κ3) is 8.03. The molecule has 2 aliphatic rings. The lowest BCUT2D eigenvalue weighted by molar-refractivity contribution is -0.131. The summed E-state index contributed by atoms with van der Waals surface area (Å²) in [5.74, 6) is 1.01. The second kappa shape index (κ2) is 13.8. The fraction of sp³-hybridized carbons (Fsp3) is 0.636. The van der Waals surface area contributed by atoms with Crippen LogP contribution >= 0.6 is 24.0 Å². The standard InChI is InChI=1S/C22H34N4O3.HI/c1-2-23-22(25-12-6-13-29-20-10-14-28-17-20)24-11-5-9-21(27)26-15-18-7-3-4-8-19(18)16-26;/h3-4,7-8,20H,2,5-6,9-17H2,1H3,(H2,23,24,25);1H. The number of nitrogens with one attached hydrogen (secondary N) is 2. The van der Waals surface area contributed by atoms with Crippen molar-refractivity contribution in [3.05, 3.63) is 35.4 Å². The Morgan fingerprint density at radius 2 is 2.00 bits per heavy atom. The lowest BCUT2D eigenvalue weighted by Gasteiger charge is -2.15. The molecule has 1 aromatic rings. The van der Waals surface area contributed by atoms with Gasteiger partial charge in [0.2, 0.25) is 5.91 Å². The van der Waals surface area contributed by atoms with Crippen molar-refractivity contribution in [2.24, 2.45) is 4.99 Å². The molecule has 30 heavy (non-hydrogen) atoms. The number of nitrogens with zero attached hydrogens (tertiary/aromatic N) is 2. The van der Waals surface area contributed by atoms with Gasteiger partial charge in [0.25, 0.3) is 0 Å². The zero-order chi connectivity index (χ0) is 20.3. The van der Waals surface area contributed by atoms with Crippen molar-refractivity contribution in [1.29, 1.82) is 0 Å². The molecule has 1 fully saturated rings. The average Bonchev–Trinajstić information content (AvgIpc) is 3.40. The van der Waals surface area contributed by atoms with Gasteiger partial charge in [-0.15, -0.1) is 24.0 Å². The van der Waals surface area contributed by atoms with E-state index in [1.165, 1.54) is 11.1 Å². The maximum atomic E-state index is 12.5. The lowest BCUT2D eigenvalue weighted by atomic mass is 10.1. The van der Waals surface area contributed by atoms with Gasteiger partial charge in [-0.3, -0.25) is 9.79 Å². The number of ether oxygens (including phenoxy) is 2. The Morgan fingerprint density at radius 3 is 2.67 bits per heavy atom.